The lowest BCUT2D eigenvalue weighted by Crippen LogP contribution is -2.29. The molecule has 0 amide bonds. The third kappa shape index (κ3) is 3.67. The van der Waals surface area contributed by atoms with Crippen LogP contribution in [0.25, 0.3) is 0 Å². The van der Waals surface area contributed by atoms with Gasteiger partial charge in [-0.15, -0.1) is 0 Å². The van der Waals surface area contributed by atoms with Gasteiger partial charge in [-0.2, -0.15) is 0 Å². The number of rotatable bonds is 4. The van der Waals surface area contributed by atoms with Crippen molar-refractivity contribution in [2.75, 3.05) is 0 Å². The van der Waals surface area contributed by atoms with Gasteiger partial charge >= 0.3 is 0 Å². The number of halogens is 3. The van der Waals surface area contributed by atoms with Crippen molar-refractivity contribution in [1.29, 1.82) is 0 Å². The average Bonchev–Trinajstić information content (AvgIpc) is 2.41. The zero-order valence-corrected chi connectivity index (χ0v) is 11.5. The second-order valence-corrected chi connectivity index (χ2v) is 5.07. The Hall–Kier alpha value is -1.13. The van der Waals surface area contributed by atoms with Crippen LogP contribution in [0.15, 0.2) is 42.5 Å². The van der Waals surface area contributed by atoms with Gasteiger partial charge in [0.1, 0.15) is 5.82 Å². The summed E-state index contributed by atoms with van der Waals surface area (Å²) in [6.45, 7) is 0. The van der Waals surface area contributed by atoms with E-state index in [1.807, 2.05) is 12.1 Å². The summed E-state index contributed by atoms with van der Waals surface area (Å²) in [5, 5.41) is 0.786. The average molecular weight is 299 g/mol. The van der Waals surface area contributed by atoms with Crippen LogP contribution < -0.4 is 11.3 Å². The Morgan fingerprint density at radius 1 is 1.11 bits per heavy atom. The fourth-order valence-electron chi connectivity index (χ4n) is 1.87. The van der Waals surface area contributed by atoms with E-state index in [1.165, 1.54) is 6.07 Å². The predicted molar refractivity (Wildman–Crippen MR) is 76.6 cm³/mol. The number of hydrogen-bond acceptors (Lipinski definition) is 2. The van der Waals surface area contributed by atoms with E-state index in [0.717, 1.165) is 11.1 Å². The van der Waals surface area contributed by atoms with Crippen LogP contribution in [0.4, 0.5) is 4.39 Å². The highest BCUT2D eigenvalue weighted by Crippen LogP contribution is 2.22. The number of benzene rings is 2. The maximum atomic E-state index is 13.1. The topological polar surface area (TPSA) is 38.0 Å². The van der Waals surface area contributed by atoms with E-state index in [1.54, 1.807) is 24.3 Å². The summed E-state index contributed by atoms with van der Waals surface area (Å²) >= 11 is 11.6. The van der Waals surface area contributed by atoms with Crippen molar-refractivity contribution in [1.82, 2.24) is 5.43 Å². The first-order valence-electron chi connectivity index (χ1n) is 5.75. The molecule has 19 heavy (non-hydrogen) atoms. The van der Waals surface area contributed by atoms with Crippen LogP contribution in [0, 0.1) is 5.82 Å². The van der Waals surface area contributed by atoms with Gasteiger partial charge in [0.2, 0.25) is 0 Å². The van der Waals surface area contributed by atoms with Crippen molar-refractivity contribution >= 4 is 23.2 Å². The summed E-state index contributed by atoms with van der Waals surface area (Å²) < 4.78 is 13.1. The lowest BCUT2D eigenvalue weighted by atomic mass is 9.99. The zero-order valence-electron chi connectivity index (χ0n) is 10.0. The predicted octanol–water partition coefficient (Wildman–Crippen LogP) is 3.88. The van der Waals surface area contributed by atoms with E-state index in [2.05, 4.69) is 5.43 Å². The van der Waals surface area contributed by atoms with Crippen molar-refractivity contribution in [3.8, 4) is 0 Å². The summed E-state index contributed by atoms with van der Waals surface area (Å²) in [5.74, 6) is 5.15. The molecular weight excluding hydrogens is 286 g/mol. The summed E-state index contributed by atoms with van der Waals surface area (Å²) in [7, 11) is 0. The second-order valence-electron chi connectivity index (χ2n) is 4.22. The molecule has 0 bridgehead atoms. The Balaban J connectivity index is 2.18. The van der Waals surface area contributed by atoms with Gasteiger partial charge in [0, 0.05) is 11.1 Å². The van der Waals surface area contributed by atoms with Gasteiger partial charge in [0.15, 0.2) is 0 Å². The highest BCUT2D eigenvalue weighted by molar-refractivity contribution is 6.31. The molecule has 0 saturated carbocycles. The van der Waals surface area contributed by atoms with Crippen molar-refractivity contribution in [2.24, 2.45) is 5.84 Å². The summed E-state index contributed by atoms with van der Waals surface area (Å²) in [4.78, 5) is 0. The first kappa shape index (κ1) is 14.3. The largest absolute Gasteiger partial charge is 0.271 e. The van der Waals surface area contributed by atoms with Gasteiger partial charge in [-0.25, -0.2) is 4.39 Å². The van der Waals surface area contributed by atoms with Crippen LogP contribution in [0.1, 0.15) is 17.2 Å². The molecule has 0 radical (unpaired) electrons. The molecule has 0 aromatic heterocycles. The first-order chi connectivity index (χ1) is 9.10. The standard InChI is InChI=1S/C14H13Cl2FN2/c15-11-4-2-10(3-5-11)14(19-18)8-9-1-6-13(17)12(16)7-9/h1-7,14,19H,8,18H2. The van der Waals surface area contributed by atoms with Crippen LogP contribution >= 0.6 is 23.2 Å². The number of hydrazine groups is 1. The SMILES string of the molecule is NNC(Cc1ccc(F)c(Cl)c1)c1ccc(Cl)cc1. The minimum Gasteiger partial charge on any atom is -0.271 e. The van der Waals surface area contributed by atoms with Crippen molar-refractivity contribution < 1.29 is 4.39 Å². The molecule has 2 aromatic rings. The van der Waals surface area contributed by atoms with Gasteiger partial charge in [0.25, 0.3) is 0 Å². The molecule has 3 N–H and O–H groups in total. The highest BCUT2D eigenvalue weighted by Gasteiger charge is 2.11. The van der Waals surface area contributed by atoms with Crippen molar-refractivity contribution in [2.45, 2.75) is 12.5 Å². The van der Waals surface area contributed by atoms with E-state index in [9.17, 15) is 4.39 Å². The second kappa shape index (κ2) is 6.35. The lowest BCUT2D eigenvalue weighted by molar-refractivity contribution is 0.551. The Morgan fingerprint density at radius 3 is 2.37 bits per heavy atom. The molecule has 0 heterocycles. The molecule has 0 aliphatic rings. The normalized spacial score (nSPS) is 12.4. The van der Waals surface area contributed by atoms with Gasteiger partial charge in [0.05, 0.1) is 5.02 Å². The maximum Gasteiger partial charge on any atom is 0.141 e. The lowest BCUT2D eigenvalue weighted by Gasteiger charge is -2.16. The molecule has 0 aliphatic heterocycles. The van der Waals surface area contributed by atoms with Crippen LogP contribution in [-0.4, -0.2) is 0 Å². The summed E-state index contributed by atoms with van der Waals surface area (Å²) in [6.07, 6.45) is 0.609. The molecule has 100 valence electrons. The Bertz CT molecular complexity index is 558. The van der Waals surface area contributed by atoms with E-state index >= 15 is 0 Å². The van der Waals surface area contributed by atoms with E-state index in [-0.39, 0.29) is 11.1 Å². The number of hydrogen-bond donors (Lipinski definition) is 2. The third-order valence-electron chi connectivity index (χ3n) is 2.90. The minimum atomic E-state index is -0.422. The smallest absolute Gasteiger partial charge is 0.141 e. The molecule has 1 unspecified atom stereocenters. The minimum absolute atomic E-state index is 0.0844. The molecule has 0 saturated heterocycles. The van der Waals surface area contributed by atoms with Crippen LogP contribution in [0.2, 0.25) is 10.0 Å². The van der Waals surface area contributed by atoms with Crippen LogP contribution in [-0.2, 0) is 6.42 Å². The fraction of sp³-hybridized carbons (Fsp3) is 0.143. The first-order valence-corrected chi connectivity index (χ1v) is 6.51. The zero-order chi connectivity index (χ0) is 13.8. The number of nitrogens with two attached hydrogens (primary N) is 1. The van der Waals surface area contributed by atoms with Crippen molar-refractivity contribution in [3.05, 3.63) is 69.5 Å². The molecule has 0 spiro atoms. The van der Waals surface area contributed by atoms with Gasteiger partial charge < -0.3 is 0 Å². The Kier molecular flexibility index (Phi) is 4.77. The number of nitrogens with one attached hydrogen (secondary N) is 1. The monoisotopic (exact) mass is 298 g/mol. The van der Waals surface area contributed by atoms with Gasteiger partial charge in [-0.3, -0.25) is 11.3 Å². The van der Waals surface area contributed by atoms with Crippen molar-refractivity contribution in [3.63, 3.8) is 0 Å². The van der Waals surface area contributed by atoms with Gasteiger partial charge in [-0.05, 0) is 41.8 Å². The summed E-state index contributed by atoms with van der Waals surface area (Å²) in [6, 6.07) is 12.0. The van der Waals surface area contributed by atoms with Crippen LogP contribution in [0.3, 0.4) is 0 Å². The molecule has 0 aliphatic carbocycles. The fourth-order valence-corrected chi connectivity index (χ4v) is 2.20. The van der Waals surface area contributed by atoms with Crippen LogP contribution in [0.5, 0.6) is 0 Å². The summed E-state index contributed by atoms with van der Waals surface area (Å²) in [5.41, 5.74) is 4.65. The van der Waals surface area contributed by atoms with Gasteiger partial charge in [-0.1, -0.05) is 41.4 Å². The van der Waals surface area contributed by atoms with E-state index in [0.29, 0.717) is 11.4 Å². The molecule has 0 fully saturated rings. The van der Waals surface area contributed by atoms with E-state index < -0.39 is 5.82 Å². The molecule has 1 atom stereocenters. The molecule has 2 nitrogen and oxygen atoms in total. The molecular formula is C14H13Cl2FN2. The Morgan fingerprint density at radius 2 is 1.79 bits per heavy atom. The Labute approximate surface area is 121 Å². The highest BCUT2D eigenvalue weighted by atomic mass is 35.5. The molecule has 2 aromatic carbocycles. The molecule has 2 rings (SSSR count). The quantitative estimate of drug-likeness (QED) is 0.664. The maximum absolute atomic E-state index is 13.1. The molecule has 5 heteroatoms. The third-order valence-corrected chi connectivity index (χ3v) is 3.44. The van der Waals surface area contributed by atoms with E-state index in [4.69, 9.17) is 29.0 Å².